The summed E-state index contributed by atoms with van der Waals surface area (Å²) >= 11 is 0. The molecule has 1 aromatic carbocycles. The fourth-order valence-corrected chi connectivity index (χ4v) is 2.75. The van der Waals surface area contributed by atoms with Crippen LogP contribution in [0.25, 0.3) is 0 Å². The van der Waals surface area contributed by atoms with Gasteiger partial charge in [-0.15, -0.1) is 0 Å². The Morgan fingerprint density at radius 3 is 2.52 bits per heavy atom. The first-order chi connectivity index (χ1) is 9.89. The molecule has 2 rings (SSSR count). The van der Waals surface area contributed by atoms with Crippen LogP contribution in [0.15, 0.2) is 18.2 Å². The van der Waals surface area contributed by atoms with E-state index in [0.29, 0.717) is 24.5 Å². The van der Waals surface area contributed by atoms with Crippen molar-refractivity contribution in [1.29, 1.82) is 0 Å². The van der Waals surface area contributed by atoms with Crippen LogP contribution in [0.2, 0.25) is 0 Å². The predicted molar refractivity (Wildman–Crippen MR) is 79.6 cm³/mol. The van der Waals surface area contributed by atoms with Gasteiger partial charge in [-0.05, 0) is 38.5 Å². The van der Waals surface area contributed by atoms with Gasteiger partial charge in [-0.2, -0.15) is 0 Å². The molecule has 21 heavy (non-hydrogen) atoms. The van der Waals surface area contributed by atoms with Crippen LogP contribution in [0.3, 0.4) is 0 Å². The molecule has 1 unspecified atom stereocenters. The van der Waals surface area contributed by atoms with Crippen molar-refractivity contribution < 1.29 is 19.0 Å². The summed E-state index contributed by atoms with van der Waals surface area (Å²) in [7, 11) is 3.18. The number of methoxy groups -OCH3 is 2. The first-order valence-corrected chi connectivity index (χ1v) is 7.03. The highest BCUT2D eigenvalue weighted by molar-refractivity contribution is 5.80. The first-order valence-electron chi connectivity index (χ1n) is 7.03. The number of carbonyl (C=O) groups excluding carboxylic acids is 1. The lowest BCUT2D eigenvalue weighted by Gasteiger charge is -2.32. The standard InChI is InChI=1S/C16H23NO4/c1-11-17(16(2,3)10-21-11)15(18)9-12-6-7-13(19-4)14(8-12)20-5/h6-8,11H,9-10H2,1-5H3. The minimum Gasteiger partial charge on any atom is -0.493 e. The van der Waals surface area contributed by atoms with Crippen LogP contribution in [0.4, 0.5) is 0 Å². The van der Waals surface area contributed by atoms with Gasteiger partial charge in [-0.3, -0.25) is 4.79 Å². The number of nitrogens with zero attached hydrogens (tertiary/aromatic N) is 1. The van der Waals surface area contributed by atoms with Crippen LogP contribution in [0.1, 0.15) is 26.3 Å². The molecule has 1 atom stereocenters. The normalized spacial score (nSPS) is 20.4. The maximum atomic E-state index is 12.6. The summed E-state index contributed by atoms with van der Waals surface area (Å²) in [5.74, 6) is 1.34. The number of hydrogen-bond donors (Lipinski definition) is 0. The summed E-state index contributed by atoms with van der Waals surface area (Å²) in [6.45, 7) is 6.50. The fourth-order valence-electron chi connectivity index (χ4n) is 2.75. The molecule has 0 saturated carbocycles. The van der Waals surface area contributed by atoms with E-state index in [1.54, 1.807) is 14.2 Å². The minimum absolute atomic E-state index is 0.0530. The zero-order chi connectivity index (χ0) is 15.6. The molecule has 0 N–H and O–H groups in total. The summed E-state index contributed by atoms with van der Waals surface area (Å²) in [6.07, 6.45) is 0.130. The Morgan fingerprint density at radius 2 is 2.00 bits per heavy atom. The lowest BCUT2D eigenvalue weighted by atomic mass is 10.0. The molecular weight excluding hydrogens is 270 g/mol. The molecule has 1 heterocycles. The molecule has 5 heteroatoms. The highest BCUT2D eigenvalue weighted by Gasteiger charge is 2.41. The SMILES string of the molecule is COc1ccc(CC(=O)N2C(C)OCC2(C)C)cc1OC. The van der Waals surface area contributed by atoms with E-state index in [4.69, 9.17) is 14.2 Å². The second-order valence-electron chi connectivity index (χ2n) is 5.85. The number of carbonyl (C=O) groups is 1. The van der Waals surface area contributed by atoms with Crippen molar-refractivity contribution in [3.05, 3.63) is 23.8 Å². The van der Waals surface area contributed by atoms with E-state index in [1.165, 1.54) is 0 Å². The molecule has 1 aliphatic heterocycles. The highest BCUT2D eigenvalue weighted by Crippen LogP contribution is 2.30. The topological polar surface area (TPSA) is 48.0 Å². The number of benzene rings is 1. The fraction of sp³-hybridized carbons (Fsp3) is 0.562. The molecule has 1 fully saturated rings. The van der Waals surface area contributed by atoms with Crippen LogP contribution in [-0.2, 0) is 16.0 Å². The summed E-state index contributed by atoms with van der Waals surface area (Å²) in [5, 5.41) is 0. The van der Waals surface area contributed by atoms with Gasteiger partial charge < -0.3 is 19.1 Å². The average Bonchev–Trinajstić information content (AvgIpc) is 2.72. The Labute approximate surface area is 125 Å². The van der Waals surface area contributed by atoms with E-state index in [1.807, 2.05) is 43.9 Å². The van der Waals surface area contributed by atoms with Crippen LogP contribution in [0.5, 0.6) is 11.5 Å². The largest absolute Gasteiger partial charge is 0.493 e. The van der Waals surface area contributed by atoms with Gasteiger partial charge in [-0.1, -0.05) is 6.07 Å². The van der Waals surface area contributed by atoms with E-state index in [-0.39, 0.29) is 17.7 Å². The van der Waals surface area contributed by atoms with Crippen LogP contribution in [-0.4, -0.2) is 43.4 Å². The highest BCUT2D eigenvalue weighted by atomic mass is 16.5. The molecular formula is C16H23NO4. The van der Waals surface area contributed by atoms with Crippen molar-refractivity contribution in [3.63, 3.8) is 0 Å². The Kier molecular flexibility index (Phi) is 4.42. The number of amides is 1. The third-order valence-corrected chi connectivity index (χ3v) is 3.77. The maximum absolute atomic E-state index is 12.6. The van der Waals surface area contributed by atoms with Gasteiger partial charge >= 0.3 is 0 Å². The molecule has 1 saturated heterocycles. The summed E-state index contributed by atoms with van der Waals surface area (Å²) < 4.78 is 16.1. The molecule has 0 bridgehead atoms. The van der Waals surface area contributed by atoms with Crippen LogP contribution in [0, 0.1) is 0 Å². The minimum atomic E-state index is -0.271. The number of hydrogen-bond acceptors (Lipinski definition) is 4. The van der Waals surface area contributed by atoms with E-state index in [9.17, 15) is 4.79 Å². The predicted octanol–water partition coefficient (Wildman–Crippen LogP) is 2.23. The monoisotopic (exact) mass is 293 g/mol. The first kappa shape index (κ1) is 15.6. The van der Waals surface area contributed by atoms with E-state index < -0.39 is 0 Å². The third-order valence-electron chi connectivity index (χ3n) is 3.77. The molecule has 0 spiro atoms. The van der Waals surface area contributed by atoms with Crippen molar-refractivity contribution in [2.75, 3.05) is 20.8 Å². The lowest BCUT2D eigenvalue weighted by Crippen LogP contribution is -2.48. The molecule has 5 nitrogen and oxygen atoms in total. The molecule has 1 aliphatic rings. The molecule has 1 aromatic rings. The average molecular weight is 293 g/mol. The Balaban J connectivity index is 2.16. The lowest BCUT2D eigenvalue weighted by molar-refractivity contribution is -0.138. The Bertz CT molecular complexity index is 527. The zero-order valence-corrected chi connectivity index (χ0v) is 13.3. The van der Waals surface area contributed by atoms with Gasteiger partial charge in [0.15, 0.2) is 11.5 Å². The Hall–Kier alpha value is -1.75. The van der Waals surface area contributed by atoms with Crippen LogP contribution < -0.4 is 9.47 Å². The zero-order valence-electron chi connectivity index (χ0n) is 13.3. The Morgan fingerprint density at radius 1 is 1.33 bits per heavy atom. The van der Waals surface area contributed by atoms with Gasteiger partial charge in [0, 0.05) is 0 Å². The van der Waals surface area contributed by atoms with Gasteiger partial charge in [0.2, 0.25) is 5.91 Å². The molecule has 0 radical (unpaired) electrons. The van der Waals surface area contributed by atoms with Gasteiger partial charge in [0.25, 0.3) is 0 Å². The van der Waals surface area contributed by atoms with Gasteiger partial charge in [0.05, 0.1) is 32.8 Å². The second-order valence-corrected chi connectivity index (χ2v) is 5.85. The summed E-state index contributed by atoms with van der Waals surface area (Å²) in [6, 6.07) is 5.54. The maximum Gasteiger partial charge on any atom is 0.229 e. The van der Waals surface area contributed by atoms with E-state index in [0.717, 1.165) is 5.56 Å². The molecule has 116 valence electrons. The second kappa shape index (κ2) is 5.93. The number of rotatable bonds is 4. The quantitative estimate of drug-likeness (QED) is 0.854. The third kappa shape index (κ3) is 3.13. The van der Waals surface area contributed by atoms with Gasteiger partial charge in [0.1, 0.15) is 6.23 Å². The molecule has 1 amide bonds. The van der Waals surface area contributed by atoms with Crippen molar-refractivity contribution in [1.82, 2.24) is 4.90 Å². The van der Waals surface area contributed by atoms with E-state index >= 15 is 0 Å². The van der Waals surface area contributed by atoms with Crippen molar-refractivity contribution in [3.8, 4) is 11.5 Å². The van der Waals surface area contributed by atoms with Crippen molar-refractivity contribution in [2.24, 2.45) is 0 Å². The van der Waals surface area contributed by atoms with Crippen LogP contribution >= 0.6 is 0 Å². The summed E-state index contributed by atoms with van der Waals surface area (Å²) in [4.78, 5) is 14.4. The van der Waals surface area contributed by atoms with E-state index in [2.05, 4.69) is 0 Å². The number of ether oxygens (including phenoxy) is 3. The molecule has 0 aliphatic carbocycles. The van der Waals surface area contributed by atoms with Crippen molar-refractivity contribution >= 4 is 5.91 Å². The molecule has 0 aromatic heterocycles. The van der Waals surface area contributed by atoms with Gasteiger partial charge in [-0.25, -0.2) is 0 Å². The summed E-state index contributed by atoms with van der Waals surface area (Å²) in [5.41, 5.74) is 0.625. The smallest absolute Gasteiger partial charge is 0.229 e. The van der Waals surface area contributed by atoms with Crippen molar-refractivity contribution in [2.45, 2.75) is 39.0 Å².